The Morgan fingerprint density at radius 3 is 2.76 bits per heavy atom. The highest BCUT2D eigenvalue weighted by molar-refractivity contribution is 5.80. The van der Waals surface area contributed by atoms with Crippen LogP contribution in [0.25, 0.3) is 0 Å². The van der Waals surface area contributed by atoms with E-state index in [1.54, 1.807) is 0 Å². The molecule has 90 valence electrons. The first-order chi connectivity index (χ1) is 8.11. The van der Waals surface area contributed by atoms with Crippen molar-refractivity contribution in [2.24, 2.45) is 5.92 Å². The molecule has 0 saturated heterocycles. The third kappa shape index (κ3) is 4.93. The van der Waals surface area contributed by atoms with Gasteiger partial charge in [-0.25, -0.2) is 9.97 Å². The van der Waals surface area contributed by atoms with Crippen molar-refractivity contribution in [2.75, 3.05) is 18.4 Å². The summed E-state index contributed by atoms with van der Waals surface area (Å²) in [6, 6.07) is 1.87. The molecule has 1 heterocycles. The molecule has 6 heteroatoms. The number of hydrogen-bond donors (Lipinski definition) is 2. The first kappa shape index (κ1) is 12.9. The Morgan fingerprint density at radius 1 is 1.47 bits per heavy atom. The molecule has 0 aliphatic heterocycles. The summed E-state index contributed by atoms with van der Waals surface area (Å²) in [5.74, 6) is 0.808. The van der Waals surface area contributed by atoms with Crippen LogP contribution in [0.3, 0.4) is 0 Å². The third-order valence-electron chi connectivity index (χ3n) is 1.90. The summed E-state index contributed by atoms with van der Waals surface area (Å²) in [6.07, 6.45) is 2.78. The Kier molecular flexibility index (Phi) is 4.88. The number of amides is 1. The van der Waals surface area contributed by atoms with Crippen molar-refractivity contribution in [1.82, 2.24) is 15.3 Å². The number of hydrogen-bond acceptors (Lipinski definition) is 5. The second-order valence-electron chi connectivity index (χ2n) is 3.95. The highest BCUT2D eigenvalue weighted by Gasteiger charge is 2.02. The van der Waals surface area contributed by atoms with Gasteiger partial charge in [-0.15, -0.1) is 0 Å². The van der Waals surface area contributed by atoms with E-state index in [-0.39, 0.29) is 18.1 Å². The average molecular weight is 233 g/mol. The molecule has 0 atom stereocenters. The number of anilines is 1. The molecule has 0 aliphatic rings. The number of nitrogens with one attached hydrogen (secondary N) is 2. The lowest BCUT2D eigenvalue weighted by Gasteiger charge is -2.08. The molecule has 0 fully saturated rings. The molecule has 1 amide bonds. The summed E-state index contributed by atoms with van der Waals surface area (Å²) >= 11 is 0. The largest absolute Gasteiger partial charge is 0.360 e. The van der Waals surface area contributed by atoms with Crippen LogP contribution >= 0.6 is 0 Å². The van der Waals surface area contributed by atoms with Gasteiger partial charge in [-0.3, -0.25) is 4.79 Å². The van der Waals surface area contributed by atoms with Gasteiger partial charge in [0.05, 0.1) is 18.9 Å². The van der Waals surface area contributed by atoms with Crippen molar-refractivity contribution in [3.05, 3.63) is 18.1 Å². The lowest BCUT2D eigenvalue weighted by Crippen LogP contribution is -2.32. The summed E-state index contributed by atoms with van der Waals surface area (Å²) in [6.45, 7) is 4.85. The van der Waals surface area contributed by atoms with E-state index in [0.29, 0.717) is 18.3 Å². The van der Waals surface area contributed by atoms with Gasteiger partial charge in [-0.2, -0.15) is 5.26 Å². The predicted octanol–water partition coefficient (Wildman–Crippen LogP) is 0.532. The fraction of sp³-hybridized carbons (Fsp3) is 0.455. The van der Waals surface area contributed by atoms with Crippen LogP contribution < -0.4 is 10.6 Å². The van der Waals surface area contributed by atoms with Gasteiger partial charge in [0.1, 0.15) is 11.9 Å². The Labute approximate surface area is 100 Å². The molecule has 0 bridgehead atoms. The van der Waals surface area contributed by atoms with E-state index in [1.807, 2.05) is 19.9 Å². The normalized spacial score (nSPS) is 9.76. The van der Waals surface area contributed by atoms with Gasteiger partial charge in [0, 0.05) is 6.54 Å². The van der Waals surface area contributed by atoms with E-state index in [9.17, 15) is 4.79 Å². The second-order valence-corrected chi connectivity index (χ2v) is 3.95. The molecule has 0 spiro atoms. The standard InChI is InChI=1S/C11H15N5O/c1-8(2)4-16-11(17)7-15-10-6-13-9(3-12)5-14-10/h5-6,8H,4,7H2,1-2H3,(H,14,15)(H,16,17). The van der Waals surface area contributed by atoms with Gasteiger partial charge in [0.2, 0.25) is 5.91 Å². The van der Waals surface area contributed by atoms with Crippen LogP contribution in [0.5, 0.6) is 0 Å². The zero-order valence-electron chi connectivity index (χ0n) is 9.90. The number of nitriles is 1. The third-order valence-corrected chi connectivity index (χ3v) is 1.90. The predicted molar refractivity (Wildman–Crippen MR) is 63.1 cm³/mol. The second kappa shape index (κ2) is 6.43. The molecule has 17 heavy (non-hydrogen) atoms. The van der Waals surface area contributed by atoms with E-state index in [2.05, 4.69) is 20.6 Å². The van der Waals surface area contributed by atoms with Crippen molar-refractivity contribution in [1.29, 1.82) is 5.26 Å². The molecule has 0 saturated carbocycles. The van der Waals surface area contributed by atoms with Gasteiger partial charge < -0.3 is 10.6 Å². The van der Waals surface area contributed by atoms with E-state index < -0.39 is 0 Å². The molecular weight excluding hydrogens is 218 g/mol. The maximum Gasteiger partial charge on any atom is 0.239 e. The van der Waals surface area contributed by atoms with Crippen LogP contribution in [0.15, 0.2) is 12.4 Å². The summed E-state index contributed by atoms with van der Waals surface area (Å²) in [4.78, 5) is 19.1. The van der Waals surface area contributed by atoms with Crippen LogP contribution in [0.4, 0.5) is 5.82 Å². The van der Waals surface area contributed by atoms with Crippen molar-refractivity contribution >= 4 is 11.7 Å². The highest BCUT2D eigenvalue weighted by atomic mass is 16.1. The van der Waals surface area contributed by atoms with Crippen LogP contribution in [0.2, 0.25) is 0 Å². The lowest BCUT2D eigenvalue weighted by atomic mass is 10.2. The monoisotopic (exact) mass is 233 g/mol. The van der Waals surface area contributed by atoms with E-state index >= 15 is 0 Å². The number of rotatable bonds is 5. The van der Waals surface area contributed by atoms with Crippen molar-refractivity contribution in [3.8, 4) is 6.07 Å². The maximum atomic E-state index is 11.4. The summed E-state index contributed by atoms with van der Waals surface area (Å²) in [5, 5.41) is 14.1. The van der Waals surface area contributed by atoms with Crippen molar-refractivity contribution < 1.29 is 4.79 Å². The minimum atomic E-state index is -0.0927. The summed E-state index contributed by atoms with van der Waals surface area (Å²) in [5.41, 5.74) is 0.250. The minimum Gasteiger partial charge on any atom is -0.360 e. The molecule has 2 N–H and O–H groups in total. The number of carbonyl (C=O) groups is 1. The topological polar surface area (TPSA) is 90.7 Å². The molecule has 0 radical (unpaired) electrons. The lowest BCUT2D eigenvalue weighted by molar-refractivity contribution is -0.119. The Balaban J connectivity index is 2.35. The van der Waals surface area contributed by atoms with Crippen molar-refractivity contribution in [3.63, 3.8) is 0 Å². The van der Waals surface area contributed by atoms with Gasteiger partial charge in [0.15, 0.2) is 5.69 Å². The molecule has 1 aromatic rings. The van der Waals surface area contributed by atoms with Gasteiger partial charge in [-0.1, -0.05) is 13.8 Å². The number of carbonyl (C=O) groups excluding carboxylic acids is 1. The fourth-order valence-corrected chi connectivity index (χ4v) is 1.03. The molecule has 0 aliphatic carbocycles. The highest BCUT2D eigenvalue weighted by Crippen LogP contribution is 1.99. The van der Waals surface area contributed by atoms with Crippen LogP contribution in [0, 0.1) is 17.2 Å². The fourth-order valence-electron chi connectivity index (χ4n) is 1.03. The first-order valence-corrected chi connectivity index (χ1v) is 5.34. The van der Waals surface area contributed by atoms with Gasteiger partial charge >= 0.3 is 0 Å². The van der Waals surface area contributed by atoms with Crippen molar-refractivity contribution in [2.45, 2.75) is 13.8 Å². The quantitative estimate of drug-likeness (QED) is 0.774. The molecule has 1 rings (SSSR count). The van der Waals surface area contributed by atoms with E-state index in [1.165, 1.54) is 12.4 Å². The molecule has 1 aromatic heterocycles. The summed E-state index contributed by atoms with van der Waals surface area (Å²) < 4.78 is 0. The Morgan fingerprint density at radius 2 is 2.24 bits per heavy atom. The van der Waals surface area contributed by atoms with E-state index in [0.717, 1.165) is 0 Å². The number of nitrogens with zero attached hydrogens (tertiary/aromatic N) is 3. The van der Waals surface area contributed by atoms with Gasteiger partial charge in [0.25, 0.3) is 0 Å². The maximum absolute atomic E-state index is 11.4. The van der Waals surface area contributed by atoms with Crippen LogP contribution in [0.1, 0.15) is 19.5 Å². The Bertz CT molecular complexity index is 407. The van der Waals surface area contributed by atoms with Crippen LogP contribution in [-0.2, 0) is 4.79 Å². The minimum absolute atomic E-state index is 0.0927. The zero-order valence-corrected chi connectivity index (χ0v) is 9.90. The zero-order chi connectivity index (χ0) is 12.7. The van der Waals surface area contributed by atoms with Gasteiger partial charge in [-0.05, 0) is 5.92 Å². The smallest absolute Gasteiger partial charge is 0.239 e. The first-order valence-electron chi connectivity index (χ1n) is 5.34. The van der Waals surface area contributed by atoms with E-state index in [4.69, 9.17) is 5.26 Å². The SMILES string of the molecule is CC(C)CNC(=O)CNc1cnc(C#N)cn1. The summed E-state index contributed by atoms with van der Waals surface area (Å²) in [7, 11) is 0. The van der Waals surface area contributed by atoms with Crippen LogP contribution in [-0.4, -0.2) is 29.0 Å². The average Bonchev–Trinajstić information content (AvgIpc) is 2.34. The molecule has 6 nitrogen and oxygen atoms in total. The Hall–Kier alpha value is -2.16. The number of aromatic nitrogens is 2. The molecule has 0 aromatic carbocycles. The molecular formula is C11H15N5O. The molecule has 0 unspecified atom stereocenters.